The van der Waals surface area contributed by atoms with Gasteiger partial charge in [0.05, 0.1) is 13.2 Å². The number of carbonyl (C=O) groups excluding carboxylic acids is 2. The number of nitrogens with zero attached hydrogens (tertiary/aromatic N) is 2. The zero-order valence-corrected chi connectivity index (χ0v) is 19.8. The smallest absolute Gasteiger partial charge is 0.243 e. The maximum absolute atomic E-state index is 13.4. The van der Waals surface area contributed by atoms with E-state index in [2.05, 4.69) is 34.5 Å². The third-order valence-corrected chi connectivity index (χ3v) is 6.52. The van der Waals surface area contributed by atoms with Gasteiger partial charge in [0.1, 0.15) is 6.04 Å². The van der Waals surface area contributed by atoms with Gasteiger partial charge in [-0.05, 0) is 28.2 Å². The number of benzene rings is 2. The maximum Gasteiger partial charge on any atom is 0.243 e. The van der Waals surface area contributed by atoms with Crippen molar-refractivity contribution in [2.45, 2.75) is 52.4 Å². The zero-order valence-electron chi connectivity index (χ0n) is 19.8. The van der Waals surface area contributed by atoms with Crippen LogP contribution >= 0.6 is 0 Å². The minimum atomic E-state index is -0.474. The normalized spacial score (nSPS) is 18.8. The van der Waals surface area contributed by atoms with Crippen LogP contribution in [0.2, 0.25) is 0 Å². The van der Waals surface area contributed by atoms with Crippen molar-refractivity contribution in [1.82, 2.24) is 15.1 Å². The van der Waals surface area contributed by atoms with E-state index in [0.29, 0.717) is 25.9 Å². The van der Waals surface area contributed by atoms with Gasteiger partial charge in [0, 0.05) is 45.6 Å². The van der Waals surface area contributed by atoms with Crippen molar-refractivity contribution in [3.05, 3.63) is 70.8 Å². The second-order valence-corrected chi connectivity index (χ2v) is 9.48. The molecule has 176 valence electrons. The number of fused-ring (bicyclic) bond motifs is 1. The van der Waals surface area contributed by atoms with Crippen molar-refractivity contribution in [2.75, 3.05) is 26.3 Å². The molecule has 0 aromatic heterocycles. The fraction of sp³-hybridized carbons (Fsp3) is 0.481. The van der Waals surface area contributed by atoms with Gasteiger partial charge in [0.15, 0.2) is 0 Å². The SMILES string of the molecule is CC(C)CC(=O)N1Cc2ccccc2CC1C(=O)NCc1ccccc1CN1CCOCC1. The van der Waals surface area contributed by atoms with E-state index in [4.69, 9.17) is 4.74 Å². The second-order valence-electron chi connectivity index (χ2n) is 9.48. The Morgan fingerprint density at radius 1 is 1.00 bits per heavy atom. The molecule has 2 aliphatic rings. The third kappa shape index (κ3) is 6.01. The van der Waals surface area contributed by atoms with E-state index in [1.165, 1.54) is 5.56 Å². The van der Waals surface area contributed by atoms with Gasteiger partial charge in [-0.25, -0.2) is 0 Å². The molecule has 1 N–H and O–H groups in total. The summed E-state index contributed by atoms with van der Waals surface area (Å²) < 4.78 is 5.46. The number of morpholine rings is 1. The first-order chi connectivity index (χ1) is 16.0. The van der Waals surface area contributed by atoms with Crippen molar-refractivity contribution in [3.8, 4) is 0 Å². The number of ether oxygens (including phenoxy) is 1. The Labute approximate surface area is 196 Å². The summed E-state index contributed by atoms with van der Waals surface area (Å²) in [5.41, 5.74) is 4.63. The van der Waals surface area contributed by atoms with Gasteiger partial charge in [-0.1, -0.05) is 62.4 Å². The quantitative estimate of drug-likeness (QED) is 0.706. The monoisotopic (exact) mass is 449 g/mol. The van der Waals surface area contributed by atoms with Gasteiger partial charge in [0.2, 0.25) is 11.8 Å². The van der Waals surface area contributed by atoms with Gasteiger partial charge in [-0.2, -0.15) is 0 Å². The molecule has 2 aromatic rings. The predicted molar refractivity (Wildman–Crippen MR) is 128 cm³/mol. The van der Waals surface area contributed by atoms with Crippen LogP contribution in [0.1, 0.15) is 42.5 Å². The summed E-state index contributed by atoms with van der Waals surface area (Å²) in [4.78, 5) is 30.5. The van der Waals surface area contributed by atoms with Crippen LogP contribution in [-0.2, 0) is 40.4 Å². The van der Waals surface area contributed by atoms with Crippen LogP contribution in [0.4, 0.5) is 0 Å². The fourth-order valence-corrected chi connectivity index (χ4v) is 4.67. The highest BCUT2D eigenvalue weighted by Crippen LogP contribution is 2.25. The lowest BCUT2D eigenvalue weighted by Gasteiger charge is -2.36. The van der Waals surface area contributed by atoms with Gasteiger partial charge in [-0.15, -0.1) is 0 Å². The van der Waals surface area contributed by atoms with Crippen molar-refractivity contribution < 1.29 is 14.3 Å². The summed E-state index contributed by atoms with van der Waals surface area (Å²) in [6.07, 6.45) is 1.01. The maximum atomic E-state index is 13.4. The van der Waals surface area contributed by atoms with Crippen molar-refractivity contribution in [3.63, 3.8) is 0 Å². The van der Waals surface area contributed by atoms with Gasteiger partial charge >= 0.3 is 0 Å². The first kappa shape index (κ1) is 23.5. The molecule has 1 fully saturated rings. The highest BCUT2D eigenvalue weighted by atomic mass is 16.5. The number of hydrogen-bond donors (Lipinski definition) is 1. The predicted octanol–water partition coefficient (Wildman–Crippen LogP) is 3.13. The lowest BCUT2D eigenvalue weighted by Crippen LogP contribution is -2.52. The molecule has 33 heavy (non-hydrogen) atoms. The van der Waals surface area contributed by atoms with E-state index in [-0.39, 0.29) is 17.7 Å². The first-order valence-electron chi connectivity index (χ1n) is 12.0. The third-order valence-electron chi connectivity index (χ3n) is 6.52. The molecule has 1 atom stereocenters. The second kappa shape index (κ2) is 10.9. The molecule has 6 heteroatoms. The van der Waals surface area contributed by atoms with E-state index in [1.807, 2.05) is 38.1 Å². The molecule has 4 rings (SSSR count). The van der Waals surface area contributed by atoms with Crippen LogP contribution in [0.5, 0.6) is 0 Å². The summed E-state index contributed by atoms with van der Waals surface area (Å²) in [6, 6.07) is 15.9. The Morgan fingerprint density at radius 3 is 2.39 bits per heavy atom. The average Bonchev–Trinajstić information content (AvgIpc) is 2.82. The molecular formula is C27H35N3O3. The largest absolute Gasteiger partial charge is 0.379 e. The molecule has 6 nitrogen and oxygen atoms in total. The Kier molecular flexibility index (Phi) is 7.78. The standard InChI is InChI=1S/C27H35N3O3/c1-20(2)15-26(31)30-19-24-10-5-3-7-21(24)16-25(30)27(32)28-17-22-8-4-6-9-23(22)18-29-11-13-33-14-12-29/h3-10,20,25H,11-19H2,1-2H3,(H,28,32). The van der Waals surface area contributed by atoms with Crippen LogP contribution in [-0.4, -0.2) is 54.0 Å². The zero-order chi connectivity index (χ0) is 23.2. The lowest BCUT2D eigenvalue weighted by molar-refractivity contribution is -0.142. The number of carbonyl (C=O) groups is 2. The topological polar surface area (TPSA) is 61.9 Å². The minimum Gasteiger partial charge on any atom is -0.379 e. The molecule has 1 saturated heterocycles. The molecule has 0 aliphatic carbocycles. The van der Waals surface area contributed by atoms with Crippen LogP contribution in [0.3, 0.4) is 0 Å². The highest BCUT2D eigenvalue weighted by Gasteiger charge is 2.34. The molecule has 0 saturated carbocycles. The summed E-state index contributed by atoms with van der Waals surface area (Å²) in [6.45, 7) is 9.27. The molecule has 2 heterocycles. The van der Waals surface area contributed by atoms with Gasteiger partial charge < -0.3 is 15.0 Å². The van der Waals surface area contributed by atoms with E-state index in [9.17, 15) is 9.59 Å². The number of hydrogen-bond acceptors (Lipinski definition) is 4. The van der Waals surface area contributed by atoms with E-state index in [1.54, 1.807) is 4.90 Å². The van der Waals surface area contributed by atoms with E-state index >= 15 is 0 Å². The molecular weight excluding hydrogens is 414 g/mol. The fourth-order valence-electron chi connectivity index (χ4n) is 4.67. The molecule has 0 spiro atoms. The lowest BCUT2D eigenvalue weighted by atomic mass is 9.92. The average molecular weight is 450 g/mol. The molecule has 0 bridgehead atoms. The van der Waals surface area contributed by atoms with Gasteiger partial charge in [0.25, 0.3) is 0 Å². The summed E-state index contributed by atoms with van der Waals surface area (Å²) >= 11 is 0. The van der Waals surface area contributed by atoms with E-state index in [0.717, 1.165) is 49.5 Å². The Balaban J connectivity index is 1.46. The summed E-state index contributed by atoms with van der Waals surface area (Å²) in [7, 11) is 0. The summed E-state index contributed by atoms with van der Waals surface area (Å²) in [5.74, 6) is 0.223. The highest BCUT2D eigenvalue weighted by molar-refractivity contribution is 5.88. The number of amides is 2. The Morgan fingerprint density at radius 2 is 1.67 bits per heavy atom. The number of nitrogens with one attached hydrogen (secondary N) is 1. The molecule has 1 unspecified atom stereocenters. The number of rotatable bonds is 7. The molecule has 2 aromatic carbocycles. The Bertz CT molecular complexity index is 969. The van der Waals surface area contributed by atoms with Crippen LogP contribution < -0.4 is 5.32 Å². The van der Waals surface area contributed by atoms with Crippen molar-refractivity contribution in [2.24, 2.45) is 5.92 Å². The van der Waals surface area contributed by atoms with Crippen LogP contribution in [0.25, 0.3) is 0 Å². The summed E-state index contributed by atoms with van der Waals surface area (Å²) in [5, 5.41) is 3.14. The molecule has 0 radical (unpaired) electrons. The van der Waals surface area contributed by atoms with Crippen LogP contribution in [0.15, 0.2) is 48.5 Å². The molecule has 2 aliphatic heterocycles. The van der Waals surface area contributed by atoms with E-state index < -0.39 is 6.04 Å². The van der Waals surface area contributed by atoms with Crippen molar-refractivity contribution >= 4 is 11.8 Å². The Hall–Kier alpha value is -2.70. The first-order valence-corrected chi connectivity index (χ1v) is 12.0. The van der Waals surface area contributed by atoms with Crippen LogP contribution in [0, 0.1) is 5.92 Å². The van der Waals surface area contributed by atoms with Gasteiger partial charge in [-0.3, -0.25) is 14.5 Å². The molecule has 2 amide bonds. The minimum absolute atomic E-state index is 0.0485. The van der Waals surface area contributed by atoms with Crippen molar-refractivity contribution in [1.29, 1.82) is 0 Å².